The van der Waals surface area contributed by atoms with Crippen molar-refractivity contribution < 1.29 is 19.5 Å². The first kappa shape index (κ1) is 19.5. The number of likely N-dealkylation sites (tertiary alicyclic amines) is 1. The van der Waals surface area contributed by atoms with E-state index in [1.165, 1.54) is 4.90 Å². The Hall–Kier alpha value is -2.28. The summed E-state index contributed by atoms with van der Waals surface area (Å²) < 4.78 is 0. The number of carboxylic acids is 1. The summed E-state index contributed by atoms with van der Waals surface area (Å²) in [5, 5.41) is 13.4. The van der Waals surface area contributed by atoms with Gasteiger partial charge in [-0.3, -0.25) is 29.6 Å². The van der Waals surface area contributed by atoms with E-state index in [1.807, 2.05) is 20.8 Å². The second-order valence-electron chi connectivity index (χ2n) is 7.55. The van der Waals surface area contributed by atoms with Crippen molar-refractivity contribution in [3.63, 3.8) is 0 Å². The van der Waals surface area contributed by atoms with Gasteiger partial charge in [0.2, 0.25) is 11.8 Å². The molecule has 2 N–H and O–H groups in total. The molecule has 7 heteroatoms. The van der Waals surface area contributed by atoms with E-state index in [2.05, 4.69) is 10.3 Å². The smallest absolute Gasteiger partial charge is 0.325 e. The van der Waals surface area contributed by atoms with E-state index >= 15 is 0 Å². The number of aliphatic carboxylic acids is 1. The van der Waals surface area contributed by atoms with Gasteiger partial charge in [0.05, 0.1) is 23.6 Å². The van der Waals surface area contributed by atoms with E-state index in [-0.39, 0.29) is 17.7 Å². The first-order valence-corrected chi connectivity index (χ1v) is 9.67. The van der Waals surface area contributed by atoms with Gasteiger partial charge in [0.25, 0.3) is 0 Å². The van der Waals surface area contributed by atoms with Gasteiger partial charge in [0.15, 0.2) is 0 Å². The van der Waals surface area contributed by atoms with Crippen LogP contribution in [0.25, 0.3) is 0 Å². The quantitative estimate of drug-likeness (QED) is 0.709. The molecule has 0 bridgehead atoms. The Balaban J connectivity index is 2.12. The molecule has 7 nitrogen and oxygen atoms in total. The minimum absolute atomic E-state index is 0.284. The summed E-state index contributed by atoms with van der Waals surface area (Å²) in [6.07, 6.45) is 3.76. The Morgan fingerprint density at radius 2 is 2.07 bits per heavy atom. The highest BCUT2D eigenvalue weighted by atomic mass is 16.4. The lowest BCUT2D eigenvalue weighted by atomic mass is 9.72. The highest BCUT2D eigenvalue weighted by Gasteiger charge is 2.69. The zero-order chi connectivity index (χ0) is 19.8. The summed E-state index contributed by atoms with van der Waals surface area (Å²) in [5.41, 5.74) is -0.882. The van der Waals surface area contributed by atoms with Crippen molar-refractivity contribution in [2.45, 2.75) is 51.6 Å². The number of carbonyl (C=O) groups is 3. The SMILES string of the molecule is CCCCN1C(=O)C2C(c3ccccn3)NC(C(=O)O)(C(C)CC)C2C1=O. The molecular formula is C20H27N3O4. The number of aromatic nitrogens is 1. The average Bonchev–Trinajstić information content (AvgIpc) is 3.16. The number of hydrogen-bond donors (Lipinski definition) is 2. The Morgan fingerprint density at radius 3 is 2.63 bits per heavy atom. The first-order chi connectivity index (χ1) is 12.9. The topological polar surface area (TPSA) is 99.6 Å². The van der Waals surface area contributed by atoms with Crippen LogP contribution in [0.1, 0.15) is 51.8 Å². The molecule has 0 saturated carbocycles. The van der Waals surface area contributed by atoms with Crippen LogP contribution in [0.15, 0.2) is 24.4 Å². The summed E-state index contributed by atoms with van der Waals surface area (Å²) in [5.74, 6) is -3.71. The van der Waals surface area contributed by atoms with Crippen molar-refractivity contribution in [2.24, 2.45) is 17.8 Å². The molecule has 2 aliphatic heterocycles. The second-order valence-corrected chi connectivity index (χ2v) is 7.55. The van der Waals surface area contributed by atoms with Gasteiger partial charge in [0.1, 0.15) is 5.54 Å². The zero-order valence-electron chi connectivity index (χ0n) is 16.0. The molecule has 27 heavy (non-hydrogen) atoms. The number of fused-ring (bicyclic) bond motifs is 1. The number of carbonyl (C=O) groups excluding carboxylic acids is 2. The minimum atomic E-state index is -1.48. The number of nitrogens with zero attached hydrogens (tertiary/aromatic N) is 2. The summed E-state index contributed by atoms with van der Waals surface area (Å²) in [4.78, 5) is 44.4. The lowest BCUT2D eigenvalue weighted by Gasteiger charge is -2.36. The average molecular weight is 373 g/mol. The van der Waals surface area contributed by atoms with Gasteiger partial charge in [-0.05, 0) is 24.5 Å². The van der Waals surface area contributed by atoms with Gasteiger partial charge in [0, 0.05) is 12.7 Å². The molecule has 3 heterocycles. The van der Waals surface area contributed by atoms with Gasteiger partial charge in [-0.25, -0.2) is 0 Å². The molecule has 3 rings (SSSR count). The fraction of sp³-hybridized carbons (Fsp3) is 0.600. The molecule has 5 atom stereocenters. The standard InChI is InChI=1S/C20H27N3O4/c1-4-6-11-23-17(24)14-15(18(23)25)20(19(26)27,12(3)5-2)22-16(14)13-9-7-8-10-21-13/h7-10,12,14-16,22H,4-6,11H2,1-3H3,(H,26,27). The number of nitrogens with one attached hydrogen (secondary N) is 1. The van der Waals surface area contributed by atoms with E-state index in [0.29, 0.717) is 25.1 Å². The van der Waals surface area contributed by atoms with Crippen molar-refractivity contribution in [1.82, 2.24) is 15.2 Å². The van der Waals surface area contributed by atoms with E-state index < -0.39 is 29.4 Å². The highest BCUT2D eigenvalue weighted by molar-refractivity contribution is 6.09. The number of carboxylic acid groups (broad SMARTS) is 1. The molecule has 0 spiro atoms. The van der Waals surface area contributed by atoms with Gasteiger partial charge < -0.3 is 5.11 Å². The molecule has 1 aromatic heterocycles. The largest absolute Gasteiger partial charge is 0.480 e. The number of imide groups is 1. The summed E-state index contributed by atoms with van der Waals surface area (Å²) in [6, 6.07) is 4.75. The third-order valence-electron chi connectivity index (χ3n) is 6.17. The number of amides is 2. The van der Waals surface area contributed by atoms with Gasteiger partial charge >= 0.3 is 5.97 Å². The number of rotatable bonds is 7. The van der Waals surface area contributed by atoms with Crippen molar-refractivity contribution >= 4 is 17.8 Å². The maximum atomic E-state index is 13.2. The van der Waals surface area contributed by atoms with E-state index in [1.54, 1.807) is 24.4 Å². The normalized spacial score (nSPS) is 31.2. The molecule has 2 aliphatic rings. The second kappa shape index (κ2) is 7.38. The molecular weight excluding hydrogens is 346 g/mol. The van der Waals surface area contributed by atoms with Crippen molar-refractivity contribution in [3.05, 3.63) is 30.1 Å². The van der Waals surface area contributed by atoms with Crippen LogP contribution in [0.2, 0.25) is 0 Å². The molecule has 5 unspecified atom stereocenters. The predicted molar refractivity (Wildman–Crippen MR) is 98.5 cm³/mol. The van der Waals surface area contributed by atoms with Gasteiger partial charge in [-0.1, -0.05) is 39.7 Å². The third kappa shape index (κ3) is 2.84. The molecule has 0 radical (unpaired) electrons. The van der Waals surface area contributed by atoms with Crippen LogP contribution in [-0.4, -0.2) is 44.9 Å². The van der Waals surface area contributed by atoms with Crippen LogP contribution in [0.4, 0.5) is 0 Å². The molecule has 1 aromatic rings. The third-order valence-corrected chi connectivity index (χ3v) is 6.17. The van der Waals surface area contributed by atoms with Gasteiger partial charge in [-0.2, -0.15) is 0 Å². The zero-order valence-corrected chi connectivity index (χ0v) is 16.0. The molecule has 0 aliphatic carbocycles. The predicted octanol–water partition coefficient (Wildman–Crippen LogP) is 2.00. The summed E-state index contributed by atoms with van der Waals surface area (Å²) in [6.45, 7) is 6.05. The molecule has 146 valence electrons. The van der Waals surface area contributed by atoms with Crippen LogP contribution in [-0.2, 0) is 14.4 Å². The molecule has 2 fully saturated rings. The fourth-order valence-corrected chi connectivity index (χ4v) is 4.53. The Labute approximate surface area is 159 Å². The lowest BCUT2D eigenvalue weighted by Crippen LogP contribution is -2.59. The maximum Gasteiger partial charge on any atom is 0.325 e. The first-order valence-electron chi connectivity index (χ1n) is 9.67. The number of unbranched alkanes of at least 4 members (excludes halogenated alkanes) is 1. The fourth-order valence-electron chi connectivity index (χ4n) is 4.53. The number of pyridine rings is 1. The Morgan fingerprint density at radius 1 is 1.33 bits per heavy atom. The van der Waals surface area contributed by atoms with Crippen LogP contribution in [0.5, 0.6) is 0 Å². The lowest BCUT2D eigenvalue weighted by molar-refractivity contribution is -0.154. The summed E-state index contributed by atoms with van der Waals surface area (Å²) >= 11 is 0. The molecule has 0 aromatic carbocycles. The van der Waals surface area contributed by atoms with Crippen LogP contribution in [0, 0.1) is 17.8 Å². The van der Waals surface area contributed by atoms with Crippen LogP contribution in [0.3, 0.4) is 0 Å². The van der Waals surface area contributed by atoms with Crippen molar-refractivity contribution in [2.75, 3.05) is 6.54 Å². The Kier molecular flexibility index (Phi) is 5.33. The summed E-state index contributed by atoms with van der Waals surface area (Å²) in [7, 11) is 0. The van der Waals surface area contributed by atoms with E-state index in [0.717, 1.165) is 6.42 Å². The van der Waals surface area contributed by atoms with Gasteiger partial charge in [-0.15, -0.1) is 0 Å². The molecule has 2 saturated heterocycles. The monoisotopic (exact) mass is 373 g/mol. The molecule has 2 amide bonds. The Bertz CT molecular complexity index is 738. The van der Waals surface area contributed by atoms with E-state index in [4.69, 9.17) is 0 Å². The van der Waals surface area contributed by atoms with Crippen molar-refractivity contribution in [3.8, 4) is 0 Å². The minimum Gasteiger partial charge on any atom is -0.480 e. The highest BCUT2D eigenvalue weighted by Crippen LogP contribution is 2.51. The van der Waals surface area contributed by atoms with Crippen LogP contribution >= 0.6 is 0 Å². The van der Waals surface area contributed by atoms with E-state index in [9.17, 15) is 19.5 Å². The maximum absolute atomic E-state index is 13.2. The van der Waals surface area contributed by atoms with Crippen molar-refractivity contribution in [1.29, 1.82) is 0 Å². The van der Waals surface area contributed by atoms with Crippen LogP contribution < -0.4 is 5.32 Å². The number of hydrogen-bond acceptors (Lipinski definition) is 5.